The van der Waals surface area contributed by atoms with Crippen LogP contribution in [-0.4, -0.2) is 6.54 Å². The maximum absolute atomic E-state index is 3.62. The molecule has 2 bridgehead atoms. The molecule has 1 nitrogen and oxygen atoms in total. The molecule has 2 fully saturated rings. The zero-order valence-corrected chi connectivity index (χ0v) is 12.0. The highest BCUT2D eigenvalue weighted by molar-refractivity contribution is 9.10. The number of aryl methyl sites for hydroxylation is 1. The fourth-order valence-corrected chi connectivity index (χ4v) is 3.88. The molecule has 0 aliphatic heterocycles. The maximum Gasteiger partial charge on any atom is 0.0343 e. The second-order valence-corrected chi connectivity index (χ2v) is 6.63. The molecule has 2 heteroatoms. The zero-order chi connectivity index (χ0) is 11.8. The molecule has 3 atom stereocenters. The molecule has 2 aliphatic carbocycles. The minimum Gasteiger partial charge on any atom is -0.385 e. The van der Waals surface area contributed by atoms with Crippen molar-refractivity contribution in [1.82, 2.24) is 0 Å². The Hall–Kier alpha value is -0.500. The summed E-state index contributed by atoms with van der Waals surface area (Å²) in [4.78, 5) is 0. The lowest BCUT2D eigenvalue weighted by atomic mass is 9.89. The third-order valence-electron chi connectivity index (χ3n) is 4.61. The SMILES string of the molecule is Cc1cc(NCC2CC3CCC2C3)ccc1Br. The molecule has 0 spiro atoms. The first kappa shape index (κ1) is 11.6. The lowest BCUT2D eigenvalue weighted by Crippen LogP contribution is -2.20. The molecule has 0 radical (unpaired) electrons. The van der Waals surface area contributed by atoms with Gasteiger partial charge in [-0.1, -0.05) is 22.4 Å². The molecule has 3 rings (SSSR count). The van der Waals surface area contributed by atoms with Crippen molar-refractivity contribution in [2.24, 2.45) is 17.8 Å². The van der Waals surface area contributed by atoms with E-state index in [0.29, 0.717) is 0 Å². The molecule has 0 amide bonds. The van der Waals surface area contributed by atoms with Gasteiger partial charge in [-0.15, -0.1) is 0 Å². The molecule has 1 aromatic carbocycles. The number of anilines is 1. The average Bonchev–Trinajstić information content (AvgIpc) is 2.92. The maximum atomic E-state index is 3.62. The van der Waals surface area contributed by atoms with Crippen LogP contribution in [0.1, 0.15) is 31.2 Å². The van der Waals surface area contributed by atoms with E-state index < -0.39 is 0 Å². The Bertz CT molecular complexity index is 415. The van der Waals surface area contributed by atoms with Gasteiger partial charge in [-0.25, -0.2) is 0 Å². The summed E-state index contributed by atoms with van der Waals surface area (Å²) in [5.41, 5.74) is 2.58. The second-order valence-electron chi connectivity index (χ2n) is 5.78. The molecule has 0 saturated heterocycles. The molecule has 3 unspecified atom stereocenters. The third kappa shape index (κ3) is 2.37. The van der Waals surface area contributed by atoms with Crippen LogP contribution in [0.15, 0.2) is 22.7 Å². The van der Waals surface area contributed by atoms with Crippen LogP contribution in [0, 0.1) is 24.7 Å². The minimum absolute atomic E-state index is 0.928. The van der Waals surface area contributed by atoms with Gasteiger partial charge in [-0.3, -0.25) is 0 Å². The largest absolute Gasteiger partial charge is 0.385 e. The van der Waals surface area contributed by atoms with Crippen LogP contribution in [-0.2, 0) is 0 Å². The van der Waals surface area contributed by atoms with Crippen LogP contribution >= 0.6 is 15.9 Å². The second kappa shape index (κ2) is 4.64. The van der Waals surface area contributed by atoms with Crippen molar-refractivity contribution in [3.63, 3.8) is 0 Å². The van der Waals surface area contributed by atoms with Gasteiger partial charge in [0.25, 0.3) is 0 Å². The average molecular weight is 294 g/mol. The molecule has 1 aromatic rings. The zero-order valence-electron chi connectivity index (χ0n) is 10.4. The number of rotatable bonds is 3. The Balaban J connectivity index is 1.59. The Labute approximate surface area is 112 Å². The minimum atomic E-state index is 0.928. The van der Waals surface area contributed by atoms with Gasteiger partial charge < -0.3 is 5.32 Å². The van der Waals surface area contributed by atoms with E-state index in [1.165, 1.54) is 48.0 Å². The van der Waals surface area contributed by atoms with E-state index in [2.05, 4.69) is 46.4 Å². The molecule has 2 aliphatic rings. The number of fused-ring (bicyclic) bond motifs is 2. The van der Waals surface area contributed by atoms with Crippen molar-refractivity contribution < 1.29 is 0 Å². The topological polar surface area (TPSA) is 12.0 Å². The van der Waals surface area contributed by atoms with Crippen LogP contribution in [0.3, 0.4) is 0 Å². The predicted molar refractivity (Wildman–Crippen MR) is 76.3 cm³/mol. The summed E-state index contributed by atoms with van der Waals surface area (Å²) < 4.78 is 1.20. The smallest absolute Gasteiger partial charge is 0.0343 e. The van der Waals surface area contributed by atoms with E-state index in [9.17, 15) is 0 Å². The van der Waals surface area contributed by atoms with Crippen LogP contribution in [0.2, 0.25) is 0 Å². The van der Waals surface area contributed by atoms with Crippen LogP contribution in [0.5, 0.6) is 0 Å². The van der Waals surface area contributed by atoms with Crippen LogP contribution in [0.4, 0.5) is 5.69 Å². The number of nitrogens with one attached hydrogen (secondary N) is 1. The van der Waals surface area contributed by atoms with Crippen LogP contribution < -0.4 is 5.32 Å². The van der Waals surface area contributed by atoms with Crippen molar-refractivity contribution in [3.05, 3.63) is 28.2 Å². The molecular formula is C15H20BrN. The Morgan fingerprint density at radius 3 is 2.82 bits per heavy atom. The monoisotopic (exact) mass is 293 g/mol. The summed E-state index contributed by atoms with van der Waals surface area (Å²) >= 11 is 3.55. The molecule has 2 saturated carbocycles. The van der Waals surface area contributed by atoms with Crippen molar-refractivity contribution in [1.29, 1.82) is 0 Å². The summed E-state index contributed by atoms with van der Waals surface area (Å²) in [5.74, 6) is 3.00. The van der Waals surface area contributed by atoms with Gasteiger partial charge in [-0.05, 0) is 67.7 Å². The lowest BCUT2D eigenvalue weighted by Gasteiger charge is -2.22. The summed E-state index contributed by atoms with van der Waals surface area (Å²) in [6, 6.07) is 6.54. The lowest BCUT2D eigenvalue weighted by molar-refractivity contribution is 0.348. The summed E-state index contributed by atoms with van der Waals surface area (Å²) in [6.07, 6.45) is 5.95. The van der Waals surface area contributed by atoms with Gasteiger partial charge in [0.15, 0.2) is 0 Å². The fourth-order valence-electron chi connectivity index (χ4n) is 3.63. The van der Waals surface area contributed by atoms with Crippen LogP contribution in [0.25, 0.3) is 0 Å². The van der Waals surface area contributed by atoms with Gasteiger partial charge in [0, 0.05) is 16.7 Å². The quantitative estimate of drug-likeness (QED) is 0.858. The molecule has 0 aromatic heterocycles. The first-order valence-corrected chi connectivity index (χ1v) is 7.51. The first-order valence-electron chi connectivity index (χ1n) is 6.72. The van der Waals surface area contributed by atoms with E-state index in [4.69, 9.17) is 0 Å². The van der Waals surface area contributed by atoms with Crippen molar-refractivity contribution >= 4 is 21.6 Å². The third-order valence-corrected chi connectivity index (χ3v) is 5.50. The van der Waals surface area contributed by atoms with Gasteiger partial charge in [0.05, 0.1) is 0 Å². The Morgan fingerprint density at radius 1 is 1.29 bits per heavy atom. The summed E-state index contributed by atoms with van der Waals surface area (Å²) in [6.45, 7) is 3.31. The highest BCUT2D eigenvalue weighted by atomic mass is 79.9. The molecule has 17 heavy (non-hydrogen) atoms. The summed E-state index contributed by atoms with van der Waals surface area (Å²) in [5, 5.41) is 3.62. The fraction of sp³-hybridized carbons (Fsp3) is 0.600. The molecule has 92 valence electrons. The van der Waals surface area contributed by atoms with Crippen molar-refractivity contribution in [3.8, 4) is 0 Å². The predicted octanol–water partition coefficient (Wildman–Crippen LogP) is 4.61. The first-order chi connectivity index (χ1) is 8.22. The van der Waals surface area contributed by atoms with E-state index in [0.717, 1.165) is 17.8 Å². The highest BCUT2D eigenvalue weighted by Crippen LogP contribution is 2.48. The van der Waals surface area contributed by atoms with Gasteiger partial charge in [0.2, 0.25) is 0 Å². The standard InChI is InChI=1S/C15H20BrN/c1-10-6-14(4-5-15(10)16)17-9-13-8-11-2-3-12(13)7-11/h4-6,11-13,17H,2-3,7-9H2,1H3. The van der Waals surface area contributed by atoms with E-state index >= 15 is 0 Å². The Kier molecular flexibility index (Phi) is 3.16. The number of hydrogen-bond donors (Lipinski definition) is 1. The normalized spacial score (nSPS) is 30.8. The summed E-state index contributed by atoms with van der Waals surface area (Å²) in [7, 11) is 0. The number of hydrogen-bond acceptors (Lipinski definition) is 1. The number of halogens is 1. The van der Waals surface area contributed by atoms with Gasteiger partial charge in [0.1, 0.15) is 0 Å². The highest BCUT2D eigenvalue weighted by Gasteiger charge is 2.38. The van der Waals surface area contributed by atoms with E-state index in [1.807, 2.05) is 0 Å². The van der Waals surface area contributed by atoms with Crippen molar-refractivity contribution in [2.75, 3.05) is 11.9 Å². The molecular weight excluding hydrogens is 274 g/mol. The number of benzene rings is 1. The van der Waals surface area contributed by atoms with Crippen molar-refractivity contribution in [2.45, 2.75) is 32.6 Å². The van der Waals surface area contributed by atoms with E-state index in [1.54, 1.807) is 0 Å². The van der Waals surface area contributed by atoms with Gasteiger partial charge in [-0.2, -0.15) is 0 Å². The molecule has 1 N–H and O–H groups in total. The Morgan fingerprint density at radius 2 is 2.18 bits per heavy atom. The van der Waals surface area contributed by atoms with E-state index in [-0.39, 0.29) is 0 Å². The van der Waals surface area contributed by atoms with Gasteiger partial charge >= 0.3 is 0 Å². The molecule has 0 heterocycles.